The first kappa shape index (κ1) is 28.5. The number of carbonyl (C=O) groups excluding carboxylic acids is 3. The van der Waals surface area contributed by atoms with Crippen molar-refractivity contribution in [2.45, 2.75) is 98.4 Å². The minimum Gasteiger partial charge on any atom is -0.444 e. The topological polar surface area (TPSA) is 87.7 Å². The molecule has 1 aromatic carbocycles. The van der Waals surface area contributed by atoms with E-state index in [1.807, 2.05) is 65.0 Å². The standard InChI is InChI=1S/C26H43N3O4/c1-9-10-16-29(22(23(30)27-19(4)5)20-14-12-11-13-15-20)24(31)21(17-18(2)3)28-25(32)33-26(6,7)8/h11-15,18-19,21-22H,9-10,16-17H2,1-8H3,(H,27,30)(H,28,32). The molecule has 2 unspecified atom stereocenters. The van der Waals surface area contributed by atoms with E-state index < -0.39 is 23.8 Å². The summed E-state index contributed by atoms with van der Waals surface area (Å²) >= 11 is 0. The molecule has 7 heteroatoms. The second-order valence-electron chi connectivity index (χ2n) is 10.2. The van der Waals surface area contributed by atoms with Crippen LogP contribution in [0.4, 0.5) is 4.79 Å². The Balaban J connectivity index is 3.37. The van der Waals surface area contributed by atoms with Crippen LogP contribution in [0.2, 0.25) is 0 Å². The minimum atomic E-state index is -0.797. The highest BCUT2D eigenvalue weighted by molar-refractivity contribution is 5.92. The molecule has 186 valence electrons. The van der Waals surface area contributed by atoms with Crippen molar-refractivity contribution in [3.05, 3.63) is 35.9 Å². The van der Waals surface area contributed by atoms with Gasteiger partial charge in [0.25, 0.3) is 0 Å². The largest absolute Gasteiger partial charge is 0.444 e. The smallest absolute Gasteiger partial charge is 0.408 e. The number of alkyl carbamates (subject to hydrolysis) is 1. The molecule has 7 nitrogen and oxygen atoms in total. The normalized spacial score (nSPS) is 13.4. The molecular weight excluding hydrogens is 418 g/mol. The molecule has 0 radical (unpaired) electrons. The summed E-state index contributed by atoms with van der Waals surface area (Å²) in [5, 5.41) is 5.72. The zero-order valence-electron chi connectivity index (χ0n) is 21.6. The Morgan fingerprint density at radius 1 is 1.00 bits per heavy atom. The van der Waals surface area contributed by atoms with Crippen LogP contribution in [0.3, 0.4) is 0 Å². The predicted molar refractivity (Wildman–Crippen MR) is 132 cm³/mol. The molecule has 0 spiro atoms. The second-order valence-corrected chi connectivity index (χ2v) is 10.2. The molecule has 0 aliphatic carbocycles. The van der Waals surface area contributed by atoms with E-state index in [-0.39, 0.29) is 23.8 Å². The Morgan fingerprint density at radius 2 is 1.61 bits per heavy atom. The zero-order valence-corrected chi connectivity index (χ0v) is 21.6. The lowest BCUT2D eigenvalue weighted by Crippen LogP contribution is -2.54. The van der Waals surface area contributed by atoms with Crippen molar-refractivity contribution in [3.8, 4) is 0 Å². The van der Waals surface area contributed by atoms with Crippen molar-refractivity contribution in [3.63, 3.8) is 0 Å². The summed E-state index contributed by atoms with van der Waals surface area (Å²) in [6.45, 7) is 15.6. The van der Waals surface area contributed by atoms with Gasteiger partial charge in [-0.3, -0.25) is 9.59 Å². The molecule has 0 saturated heterocycles. The number of rotatable bonds is 11. The molecule has 33 heavy (non-hydrogen) atoms. The third-order valence-electron chi connectivity index (χ3n) is 4.84. The minimum absolute atomic E-state index is 0.0711. The number of hydrogen-bond acceptors (Lipinski definition) is 4. The van der Waals surface area contributed by atoms with Gasteiger partial charge in [0.05, 0.1) is 0 Å². The summed E-state index contributed by atoms with van der Waals surface area (Å²) in [6.07, 6.45) is 1.41. The monoisotopic (exact) mass is 461 g/mol. The van der Waals surface area contributed by atoms with Crippen LogP contribution in [0, 0.1) is 5.92 Å². The van der Waals surface area contributed by atoms with Crippen molar-refractivity contribution in [1.29, 1.82) is 0 Å². The number of nitrogens with zero attached hydrogens (tertiary/aromatic N) is 1. The van der Waals surface area contributed by atoms with Crippen LogP contribution in [0.1, 0.15) is 86.3 Å². The lowest BCUT2D eigenvalue weighted by molar-refractivity contribution is -0.143. The van der Waals surface area contributed by atoms with E-state index in [0.717, 1.165) is 18.4 Å². The molecular formula is C26H43N3O4. The molecule has 0 heterocycles. The van der Waals surface area contributed by atoms with Gasteiger partial charge in [0.2, 0.25) is 11.8 Å². The summed E-state index contributed by atoms with van der Waals surface area (Å²) in [4.78, 5) is 41.3. The average molecular weight is 462 g/mol. The van der Waals surface area contributed by atoms with Gasteiger partial charge < -0.3 is 20.3 Å². The van der Waals surface area contributed by atoms with Gasteiger partial charge in [-0.15, -0.1) is 0 Å². The first-order valence-corrected chi connectivity index (χ1v) is 12.0. The Hall–Kier alpha value is -2.57. The number of ether oxygens (including phenoxy) is 1. The third-order valence-corrected chi connectivity index (χ3v) is 4.84. The molecule has 0 fully saturated rings. The van der Waals surface area contributed by atoms with Gasteiger partial charge in [-0.05, 0) is 58.9 Å². The van der Waals surface area contributed by atoms with Crippen molar-refractivity contribution in [2.24, 2.45) is 5.92 Å². The van der Waals surface area contributed by atoms with E-state index in [0.29, 0.717) is 13.0 Å². The Labute approximate surface area is 199 Å². The fraction of sp³-hybridized carbons (Fsp3) is 0.654. The molecule has 0 bridgehead atoms. The third kappa shape index (κ3) is 10.3. The molecule has 3 amide bonds. The van der Waals surface area contributed by atoms with E-state index in [2.05, 4.69) is 10.6 Å². The van der Waals surface area contributed by atoms with Crippen LogP contribution in [0.5, 0.6) is 0 Å². The fourth-order valence-electron chi connectivity index (χ4n) is 3.51. The quantitative estimate of drug-likeness (QED) is 0.494. The number of amides is 3. The Bertz CT molecular complexity index is 757. The molecule has 0 saturated carbocycles. The lowest BCUT2D eigenvalue weighted by atomic mass is 9.98. The van der Waals surface area contributed by atoms with Gasteiger partial charge in [0.15, 0.2) is 0 Å². The van der Waals surface area contributed by atoms with Crippen LogP contribution >= 0.6 is 0 Å². The second kappa shape index (κ2) is 13.2. The number of hydrogen-bond donors (Lipinski definition) is 2. The van der Waals surface area contributed by atoms with Crippen LogP contribution in [0.25, 0.3) is 0 Å². The van der Waals surface area contributed by atoms with Gasteiger partial charge in [-0.2, -0.15) is 0 Å². The summed E-state index contributed by atoms with van der Waals surface area (Å²) in [6, 6.07) is 7.65. The van der Waals surface area contributed by atoms with Crippen molar-refractivity contribution < 1.29 is 19.1 Å². The summed E-state index contributed by atoms with van der Waals surface area (Å²) < 4.78 is 5.41. The van der Waals surface area contributed by atoms with Crippen LogP contribution in [0.15, 0.2) is 30.3 Å². The SMILES string of the molecule is CCCCN(C(=O)C(CC(C)C)NC(=O)OC(C)(C)C)C(C(=O)NC(C)C)c1ccccc1. The maximum atomic E-state index is 13.9. The first-order chi connectivity index (χ1) is 15.4. The number of carbonyl (C=O) groups is 3. The predicted octanol–water partition coefficient (Wildman–Crippen LogP) is 4.82. The van der Waals surface area contributed by atoms with Gasteiger partial charge in [0, 0.05) is 12.6 Å². The van der Waals surface area contributed by atoms with Crippen molar-refractivity contribution in [1.82, 2.24) is 15.5 Å². The van der Waals surface area contributed by atoms with E-state index in [4.69, 9.17) is 4.74 Å². The van der Waals surface area contributed by atoms with Gasteiger partial charge in [0.1, 0.15) is 17.7 Å². The first-order valence-electron chi connectivity index (χ1n) is 12.0. The van der Waals surface area contributed by atoms with Gasteiger partial charge in [-0.25, -0.2) is 4.79 Å². The molecule has 1 rings (SSSR count). The summed E-state index contributed by atoms with van der Waals surface area (Å²) in [5.74, 6) is -0.362. The highest BCUT2D eigenvalue weighted by Gasteiger charge is 2.36. The number of unbranched alkanes of at least 4 members (excludes halogenated alkanes) is 1. The van der Waals surface area contributed by atoms with Crippen LogP contribution in [-0.2, 0) is 14.3 Å². The number of benzene rings is 1. The Morgan fingerprint density at radius 3 is 2.09 bits per heavy atom. The van der Waals surface area contributed by atoms with E-state index in [9.17, 15) is 14.4 Å². The average Bonchev–Trinajstić information content (AvgIpc) is 2.68. The van der Waals surface area contributed by atoms with Gasteiger partial charge in [-0.1, -0.05) is 57.5 Å². The highest BCUT2D eigenvalue weighted by Crippen LogP contribution is 2.24. The van der Waals surface area contributed by atoms with Crippen molar-refractivity contribution >= 4 is 17.9 Å². The molecule has 1 aromatic rings. The van der Waals surface area contributed by atoms with E-state index >= 15 is 0 Å². The maximum Gasteiger partial charge on any atom is 0.408 e. The highest BCUT2D eigenvalue weighted by atomic mass is 16.6. The zero-order chi connectivity index (χ0) is 25.2. The van der Waals surface area contributed by atoms with Crippen molar-refractivity contribution in [2.75, 3.05) is 6.54 Å². The van der Waals surface area contributed by atoms with Crippen LogP contribution < -0.4 is 10.6 Å². The molecule has 0 aliphatic rings. The molecule has 0 aliphatic heterocycles. The number of nitrogens with one attached hydrogen (secondary N) is 2. The lowest BCUT2D eigenvalue weighted by Gasteiger charge is -2.35. The molecule has 2 N–H and O–H groups in total. The molecule has 0 aromatic heterocycles. The van der Waals surface area contributed by atoms with Gasteiger partial charge >= 0.3 is 6.09 Å². The summed E-state index contributed by atoms with van der Waals surface area (Å²) in [7, 11) is 0. The Kier molecular flexibility index (Phi) is 11.4. The van der Waals surface area contributed by atoms with Crippen LogP contribution in [-0.4, -0.2) is 47.0 Å². The summed E-state index contributed by atoms with van der Waals surface area (Å²) in [5.41, 5.74) is 0.0573. The fourth-order valence-corrected chi connectivity index (χ4v) is 3.51. The van der Waals surface area contributed by atoms with E-state index in [1.54, 1.807) is 25.7 Å². The maximum absolute atomic E-state index is 13.9. The van der Waals surface area contributed by atoms with E-state index in [1.165, 1.54) is 0 Å². The molecule has 2 atom stereocenters.